The van der Waals surface area contributed by atoms with Crippen LogP contribution in [0.5, 0.6) is 0 Å². The topological polar surface area (TPSA) is 57.1 Å². The molecule has 152 valence electrons. The van der Waals surface area contributed by atoms with Crippen LogP contribution < -0.4 is 0 Å². The molecule has 0 radical (unpaired) electrons. The summed E-state index contributed by atoms with van der Waals surface area (Å²) in [6, 6.07) is 9.98. The van der Waals surface area contributed by atoms with Crippen molar-refractivity contribution in [2.45, 2.75) is 45.4 Å². The van der Waals surface area contributed by atoms with Gasteiger partial charge in [0.15, 0.2) is 0 Å². The summed E-state index contributed by atoms with van der Waals surface area (Å²) in [5.41, 5.74) is -0.264. The number of rotatable bonds is 11. The van der Waals surface area contributed by atoms with E-state index in [2.05, 4.69) is 0 Å². The molecular weight excluding hydrogens is 401 g/mol. The number of thioether (sulfide) groups is 2. The summed E-state index contributed by atoms with van der Waals surface area (Å²) in [7, 11) is -3.46. The Labute approximate surface area is 171 Å². The van der Waals surface area contributed by atoms with Gasteiger partial charge in [-0.05, 0) is 33.3 Å². The second-order valence-corrected chi connectivity index (χ2v) is 11.3. The first-order chi connectivity index (χ1) is 13.0. The van der Waals surface area contributed by atoms with E-state index in [1.54, 1.807) is 30.4 Å². The van der Waals surface area contributed by atoms with Crippen molar-refractivity contribution in [3.8, 4) is 0 Å². The molecule has 0 saturated carbocycles. The van der Waals surface area contributed by atoms with E-state index in [1.165, 1.54) is 0 Å². The number of ether oxygens (including phenoxy) is 2. The smallest absolute Gasteiger partial charge is 0.284 e. The van der Waals surface area contributed by atoms with E-state index in [-0.39, 0.29) is 0 Å². The highest BCUT2D eigenvalue weighted by molar-refractivity contribution is 8.41. The Bertz CT molecular complexity index is 642. The Kier molecular flexibility index (Phi) is 9.39. The molecule has 2 rings (SSSR count). The van der Waals surface area contributed by atoms with Crippen LogP contribution in [0.25, 0.3) is 0 Å². The van der Waals surface area contributed by atoms with Crippen LogP contribution >= 0.6 is 30.9 Å². The molecule has 1 saturated heterocycles. The monoisotopic (exact) mass is 431 g/mol. The van der Waals surface area contributed by atoms with Crippen molar-refractivity contribution >= 4 is 35.3 Å². The predicted octanol–water partition coefficient (Wildman–Crippen LogP) is 5.45. The first kappa shape index (κ1) is 23.0. The highest BCUT2D eigenvalue weighted by atomic mass is 32.2. The first-order valence-electron chi connectivity index (χ1n) is 9.38. The second-order valence-electron chi connectivity index (χ2n) is 6.04. The molecule has 0 N–H and O–H groups in total. The van der Waals surface area contributed by atoms with Crippen molar-refractivity contribution in [2.75, 3.05) is 31.3 Å². The van der Waals surface area contributed by atoms with E-state index in [0.29, 0.717) is 26.2 Å². The van der Waals surface area contributed by atoms with Gasteiger partial charge in [0, 0.05) is 31.1 Å². The largest absolute Gasteiger partial charge is 0.342 e. The molecule has 0 aromatic heterocycles. The van der Waals surface area contributed by atoms with Crippen molar-refractivity contribution in [1.29, 1.82) is 0 Å². The van der Waals surface area contributed by atoms with Crippen LogP contribution in [0.4, 0.5) is 0 Å². The van der Waals surface area contributed by atoms with Crippen molar-refractivity contribution in [1.82, 2.24) is 0 Å². The molecule has 0 bridgehead atoms. The summed E-state index contributed by atoms with van der Waals surface area (Å²) in [4.78, 5) is 4.89. The minimum absolute atomic E-state index is 0.309. The summed E-state index contributed by atoms with van der Waals surface area (Å²) >= 11 is 3.41. The highest BCUT2D eigenvalue weighted by Crippen LogP contribution is 2.65. The lowest BCUT2D eigenvalue weighted by Gasteiger charge is -2.39. The third-order valence-corrected chi connectivity index (χ3v) is 9.76. The van der Waals surface area contributed by atoms with Gasteiger partial charge in [-0.3, -0.25) is 9.56 Å². The van der Waals surface area contributed by atoms with Crippen LogP contribution in [-0.2, 0) is 25.0 Å². The Morgan fingerprint density at radius 1 is 1.07 bits per heavy atom. The standard InChI is InChI=1S/C19H30NO4PS2/c1-5-22-19(4,23-6-2)25(21,24-7-3)17(20-18-26-13-14-27-18)15-16-11-9-8-10-12-16/h8-12,17H,5-7,13-15H2,1-4H3/t17-,25?/m0/s1. The van der Waals surface area contributed by atoms with Gasteiger partial charge in [-0.25, -0.2) is 0 Å². The fraction of sp³-hybridized carbons (Fsp3) is 0.632. The molecule has 1 fully saturated rings. The van der Waals surface area contributed by atoms with E-state index < -0.39 is 18.7 Å². The van der Waals surface area contributed by atoms with Crippen LogP contribution in [0.2, 0.25) is 0 Å². The SMILES string of the molecule is CCOC(C)(OCC)P(=O)(OCC)[C@@H](Cc1ccccc1)N=C1SCCS1. The zero-order valence-corrected chi connectivity index (χ0v) is 19.1. The summed E-state index contributed by atoms with van der Waals surface area (Å²) in [5, 5.41) is 0. The van der Waals surface area contributed by atoms with E-state index in [4.69, 9.17) is 19.0 Å². The summed E-state index contributed by atoms with van der Waals surface area (Å²) in [6.07, 6.45) is 0.512. The summed E-state index contributed by atoms with van der Waals surface area (Å²) in [5.74, 6) is 1.49. The van der Waals surface area contributed by atoms with Crippen LogP contribution in [0.1, 0.15) is 33.3 Å². The lowest BCUT2D eigenvalue weighted by atomic mass is 10.1. The third kappa shape index (κ3) is 5.84. The molecule has 5 nitrogen and oxygen atoms in total. The molecule has 1 aromatic carbocycles. The van der Waals surface area contributed by atoms with Gasteiger partial charge < -0.3 is 14.0 Å². The summed E-state index contributed by atoms with van der Waals surface area (Å²) < 4.78 is 33.0. The molecule has 1 aliphatic rings. The summed E-state index contributed by atoms with van der Waals surface area (Å²) in [6.45, 7) is 8.38. The molecule has 0 spiro atoms. The van der Waals surface area contributed by atoms with Crippen LogP contribution in [-0.4, -0.2) is 47.0 Å². The molecule has 27 heavy (non-hydrogen) atoms. The lowest BCUT2D eigenvalue weighted by Crippen LogP contribution is -2.38. The zero-order valence-electron chi connectivity index (χ0n) is 16.6. The van der Waals surface area contributed by atoms with Gasteiger partial charge in [0.1, 0.15) is 10.2 Å². The second kappa shape index (κ2) is 11.0. The first-order valence-corrected chi connectivity index (χ1v) is 13.0. The van der Waals surface area contributed by atoms with Gasteiger partial charge in [-0.1, -0.05) is 53.9 Å². The van der Waals surface area contributed by atoms with Crippen molar-refractivity contribution in [2.24, 2.45) is 4.99 Å². The Morgan fingerprint density at radius 2 is 1.67 bits per heavy atom. The van der Waals surface area contributed by atoms with Gasteiger partial charge in [0.25, 0.3) is 7.37 Å². The van der Waals surface area contributed by atoms with Crippen molar-refractivity contribution in [3.63, 3.8) is 0 Å². The number of nitrogens with zero attached hydrogens (tertiary/aromatic N) is 1. The number of hydrogen-bond acceptors (Lipinski definition) is 7. The third-order valence-electron chi connectivity index (χ3n) is 4.15. The quantitative estimate of drug-likeness (QED) is 0.343. The normalized spacial score (nSPS) is 18.3. The highest BCUT2D eigenvalue weighted by Gasteiger charge is 2.53. The molecule has 0 aliphatic carbocycles. The maximum atomic E-state index is 14.3. The van der Waals surface area contributed by atoms with Gasteiger partial charge in [-0.15, -0.1) is 0 Å². The molecule has 2 atom stereocenters. The van der Waals surface area contributed by atoms with Crippen molar-refractivity contribution in [3.05, 3.63) is 35.9 Å². The molecule has 1 heterocycles. The van der Waals surface area contributed by atoms with Crippen LogP contribution in [0.3, 0.4) is 0 Å². The maximum Gasteiger partial charge on any atom is 0.284 e. The molecular formula is C19H30NO4PS2. The average molecular weight is 432 g/mol. The average Bonchev–Trinajstić information content (AvgIpc) is 3.16. The fourth-order valence-corrected chi connectivity index (χ4v) is 8.06. The number of benzene rings is 1. The zero-order chi connectivity index (χ0) is 19.8. The molecule has 1 unspecified atom stereocenters. The van der Waals surface area contributed by atoms with Crippen LogP contribution in [0, 0.1) is 0 Å². The Hall–Kier alpha value is -0.300. The van der Waals surface area contributed by atoms with Crippen LogP contribution in [0.15, 0.2) is 35.3 Å². The lowest BCUT2D eigenvalue weighted by molar-refractivity contribution is -0.168. The predicted molar refractivity (Wildman–Crippen MR) is 117 cm³/mol. The van der Waals surface area contributed by atoms with Gasteiger partial charge in [0.2, 0.25) is 5.53 Å². The number of hydrogen-bond donors (Lipinski definition) is 0. The van der Waals surface area contributed by atoms with Gasteiger partial charge >= 0.3 is 0 Å². The fourth-order valence-electron chi connectivity index (χ4n) is 2.99. The van der Waals surface area contributed by atoms with E-state index >= 15 is 0 Å². The molecule has 1 aromatic rings. The maximum absolute atomic E-state index is 14.3. The minimum Gasteiger partial charge on any atom is -0.342 e. The van der Waals surface area contributed by atoms with E-state index in [1.807, 2.05) is 51.1 Å². The van der Waals surface area contributed by atoms with E-state index in [0.717, 1.165) is 21.4 Å². The van der Waals surface area contributed by atoms with Gasteiger partial charge in [0.05, 0.1) is 6.61 Å². The molecule has 1 aliphatic heterocycles. The van der Waals surface area contributed by atoms with Gasteiger partial charge in [-0.2, -0.15) is 0 Å². The molecule has 8 heteroatoms. The number of aliphatic imine (C=N–C) groups is 1. The van der Waals surface area contributed by atoms with E-state index in [9.17, 15) is 4.57 Å². The van der Waals surface area contributed by atoms with Crippen molar-refractivity contribution < 1.29 is 18.6 Å². The molecule has 0 amide bonds. The Morgan fingerprint density at radius 3 is 2.19 bits per heavy atom. The Balaban J connectivity index is 2.48. The minimum atomic E-state index is -3.46.